The highest BCUT2D eigenvalue weighted by molar-refractivity contribution is 5.51. The Bertz CT molecular complexity index is 363. The van der Waals surface area contributed by atoms with E-state index < -0.39 is 23.2 Å². The van der Waals surface area contributed by atoms with Gasteiger partial charge in [-0.2, -0.15) is 13.2 Å². The summed E-state index contributed by atoms with van der Waals surface area (Å²) in [6.45, 7) is 0.178. The molecule has 0 spiro atoms. The van der Waals surface area contributed by atoms with Gasteiger partial charge in [0.05, 0.1) is 0 Å². The lowest BCUT2D eigenvalue weighted by atomic mass is 10.1. The molecule has 15 heavy (non-hydrogen) atoms. The van der Waals surface area contributed by atoms with E-state index in [-0.39, 0.29) is 12.1 Å². The number of benzene rings is 1. The average molecular weight is 221 g/mol. The SMILES string of the molecule is CNCc1ccc(C(F)(F)F)c(O)c1O. The first-order valence-electron chi connectivity index (χ1n) is 4.13. The molecule has 3 nitrogen and oxygen atoms in total. The van der Waals surface area contributed by atoms with Gasteiger partial charge in [-0.25, -0.2) is 0 Å². The maximum Gasteiger partial charge on any atom is 0.420 e. The number of aromatic hydroxyl groups is 2. The van der Waals surface area contributed by atoms with Gasteiger partial charge in [0.2, 0.25) is 0 Å². The van der Waals surface area contributed by atoms with Crippen LogP contribution in [0.25, 0.3) is 0 Å². The molecule has 0 fully saturated rings. The van der Waals surface area contributed by atoms with Crippen LogP contribution in [0.1, 0.15) is 11.1 Å². The lowest BCUT2D eigenvalue weighted by molar-refractivity contribution is -0.138. The molecule has 84 valence electrons. The first kappa shape index (κ1) is 11.6. The van der Waals surface area contributed by atoms with Crippen LogP contribution >= 0.6 is 0 Å². The third-order valence-corrected chi connectivity index (χ3v) is 1.91. The predicted octanol–water partition coefficient (Wildman–Crippen LogP) is 1.84. The molecule has 1 aromatic rings. The van der Waals surface area contributed by atoms with E-state index >= 15 is 0 Å². The van der Waals surface area contributed by atoms with Gasteiger partial charge >= 0.3 is 6.18 Å². The van der Waals surface area contributed by atoms with Crippen LogP contribution in [0.2, 0.25) is 0 Å². The van der Waals surface area contributed by atoms with Gasteiger partial charge in [-0.1, -0.05) is 6.07 Å². The van der Waals surface area contributed by atoms with Crippen LogP contribution < -0.4 is 5.32 Å². The number of hydrogen-bond donors (Lipinski definition) is 3. The number of phenolic OH excluding ortho intramolecular Hbond substituents is 2. The van der Waals surface area contributed by atoms with E-state index in [0.29, 0.717) is 0 Å². The zero-order valence-corrected chi connectivity index (χ0v) is 7.89. The van der Waals surface area contributed by atoms with Crippen LogP contribution in [0.15, 0.2) is 12.1 Å². The maximum atomic E-state index is 12.3. The van der Waals surface area contributed by atoms with Gasteiger partial charge in [-0.15, -0.1) is 0 Å². The average Bonchev–Trinajstić information content (AvgIpc) is 2.11. The van der Waals surface area contributed by atoms with Crippen LogP contribution in [0, 0.1) is 0 Å². The van der Waals surface area contributed by atoms with Crippen molar-refractivity contribution in [2.75, 3.05) is 7.05 Å². The second-order valence-electron chi connectivity index (χ2n) is 3.00. The van der Waals surface area contributed by atoms with Gasteiger partial charge < -0.3 is 15.5 Å². The molecule has 0 atom stereocenters. The van der Waals surface area contributed by atoms with Crippen molar-refractivity contribution in [1.29, 1.82) is 0 Å². The van der Waals surface area contributed by atoms with Crippen LogP contribution in [-0.2, 0) is 12.7 Å². The van der Waals surface area contributed by atoms with Crippen LogP contribution in [0.3, 0.4) is 0 Å². The highest BCUT2D eigenvalue weighted by atomic mass is 19.4. The predicted molar refractivity (Wildman–Crippen MR) is 47.5 cm³/mol. The molecule has 0 saturated heterocycles. The van der Waals surface area contributed by atoms with Gasteiger partial charge in [0.15, 0.2) is 11.5 Å². The fourth-order valence-electron chi connectivity index (χ4n) is 1.18. The summed E-state index contributed by atoms with van der Waals surface area (Å²) in [7, 11) is 1.58. The third kappa shape index (κ3) is 2.33. The standard InChI is InChI=1S/C9H10F3NO2/c1-13-4-5-2-3-6(9(10,11)12)8(15)7(5)14/h2-3,13-15H,4H2,1H3. The first-order chi connectivity index (χ1) is 6.88. The van der Waals surface area contributed by atoms with Gasteiger partial charge in [-0.3, -0.25) is 0 Å². The Morgan fingerprint density at radius 3 is 2.27 bits per heavy atom. The van der Waals surface area contributed by atoms with E-state index in [1.54, 1.807) is 7.05 Å². The Hall–Kier alpha value is -1.43. The van der Waals surface area contributed by atoms with E-state index in [2.05, 4.69) is 5.32 Å². The minimum absolute atomic E-state index is 0.178. The third-order valence-electron chi connectivity index (χ3n) is 1.91. The summed E-state index contributed by atoms with van der Waals surface area (Å²) < 4.78 is 36.8. The number of phenols is 2. The Morgan fingerprint density at radius 2 is 1.80 bits per heavy atom. The number of halogens is 3. The topological polar surface area (TPSA) is 52.5 Å². The molecule has 0 unspecified atom stereocenters. The van der Waals surface area contributed by atoms with Crippen LogP contribution in [-0.4, -0.2) is 17.3 Å². The highest BCUT2D eigenvalue weighted by Gasteiger charge is 2.35. The van der Waals surface area contributed by atoms with E-state index in [0.717, 1.165) is 12.1 Å². The van der Waals surface area contributed by atoms with Crippen molar-refractivity contribution in [2.45, 2.75) is 12.7 Å². The van der Waals surface area contributed by atoms with Gasteiger partial charge in [0.25, 0.3) is 0 Å². The first-order valence-corrected chi connectivity index (χ1v) is 4.13. The molecular formula is C9H10F3NO2. The summed E-state index contributed by atoms with van der Waals surface area (Å²) in [5.74, 6) is -1.87. The molecule has 0 saturated carbocycles. The largest absolute Gasteiger partial charge is 0.504 e. The molecule has 6 heteroatoms. The normalized spacial score (nSPS) is 11.7. The zero-order chi connectivity index (χ0) is 11.6. The fraction of sp³-hybridized carbons (Fsp3) is 0.333. The molecule has 0 aliphatic rings. The summed E-state index contributed by atoms with van der Waals surface area (Å²) in [5.41, 5.74) is -1.03. The molecule has 0 aliphatic carbocycles. The Morgan fingerprint density at radius 1 is 1.20 bits per heavy atom. The smallest absolute Gasteiger partial charge is 0.420 e. The fourth-order valence-corrected chi connectivity index (χ4v) is 1.18. The maximum absolute atomic E-state index is 12.3. The highest BCUT2D eigenvalue weighted by Crippen LogP contribution is 2.41. The summed E-state index contributed by atoms with van der Waals surface area (Å²) in [6.07, 6.45) is -4.67. The van der Waals surface area contributed by atoms with Crippen molar-refractivity contribution >= 4 is 0 Å². The zero-order valence-electron chi connectivity index (χ0n) is 7.89. The summed E-state index contributed by atoms with van der Waals surface area (Å²) in [6, 6.07) is 1.86. The lowest BCUT2D eigenvalue weighted by Crippen LogP contribution is -2.08. The molecular weight excluding hydrogens is 211 g/mol. The second-order valence-corrected chi connectivity index (χ2v) is 3.00. The van der Waals surface area contributed by atoms with Crippen molar-refractivity contribution in [2.24, 2.45) is 0 Å². The summed E-state index contributed by atoms with van der Waals surface area (Å²) in [4.78, 5) is 0. The monoisotopic (exact) mass is 221 g/mol. The Kier molecular flexibility index (Phi) is 3.09. The Balaban J connectivity index is 3.21. The quantitative estimate of drug-likeness (QED) is 0.668. The number of rotatable bonds is 2. The van der Waals surface area contributed by atoms with Gasteiger partial charge in [0, 0.05) is 12.1 Å². The van der Waals surface area contributed by atoms with E-state index in [1.165, 1.54) is 0 Å². The minimum atomic E-state index is -4.67. The number of nitrogens with one attached hydrogen (secondary N) is 1. The summed E-state index contributed by atoms with van der Waals surface area (Å²) in [5, 5.41) is 21.1. The van der Waals surface area contributed by atoms with Gasteiger partial charge in [0.1, 0.15) is 5.56 Å². The van der Waals surface area contributed by atoms with Crippen molar-refractivity contribution in [3.05, 3.63) is 23.3 Å². The van der Waals surface area contributed by atoms with Crippen LogP contribution in [0.5, 0.6) is 11.5 Å². The number of hydrogen-bond acceptors (Lipinski definition) is 3. The van der Waals surface area contributed by atoms with E-state index in [1.807, 2.05) is 0 Å². The van der Waals surface area contributed by atoms with Gasteiger partial charge in [-0.05, 0) is 13.1 Å². The van der Waals surface area contributed by atoms with Crippen LogP contribution in [0.4, 0.5) is 13.2 Å². The molecule has 0 aromatic heterocycles. The van der Waals surface area contributed by atoms with Crippen molar-refractivity contribution in [3.63, 3.8) is 0 Å². The van der Waals surface area contributed by atoms with Crippen molar-refractivity contribution in [1.82, 2.24) is 5.32 Å². The molecule has 0 radical (unpaired) electrons. The number of alkyl halides is 3. The Labute approximate surface area is 84.2 Å². The molecule has 0 amide bonds. The molecule has 0 heterocycles. The minimum Gasteiger partial charge on any atom is -0.504 e. The van der Waals surface area contributed by atoms with Crippen molar-refractivity contribution < 1.29 is 23.4 Å². The van der Waals surface area contributed by atoms with E-state index in [4.69, 9.17) is 5.11 Å². The molecule has 1 aromatic carbocycles. The molecule has 1 rings (SSSR count). The lowest BCUT2D eigenvalue weighted by Gasteiger charge is -2.12. The van der Waals surface area contributed by atoms with Crippen molar-refractivity contribution in [3.8, 4) is 11.5 Å². The van der Waals surface area contributed by atoms with E-state index in [9.17, 15) is 18.3 Å². The molecule has 0 bridgehead atoms. The summed E-state index contributed by atoms with van der Waals surface area (Å²) >= 11 is 0. The molecule has 3 N–H and O–H groups in total. The molecule has 0 aliphatic heterocycles. The second kappa shape index (κ2) is 3.98.